The molecular weight excluding hydrogens is 400 g/mol. The highest BCUT2D eigenvalue weighted by Crippen LogP contribution is 2.26. The number of nitrogens with one attached hydrogen (secondary N) is 1. The van der Waals surface area contributed by atoms with Crippen LogP contribution >= 0.6 is 15.9 Å². The van der Waals surface area contributed by atoms with Gasteiger partial charge in [-0.1, -0.05) is 0 Å². The highest BCUT2D eigenvalue weighted by Gasteiger charge is 2.27. The average Bonchev–Trinajstić information content (AvgIpc) is 2.53. The molecule has 1 atom stereocenters. The van der Waals surface area contributed by atoms with Crippen molar-refractivity contribution in [3.8, 4) is 0 Å². The molecule has 0 saturated carbocycles. The number of halogens is 3. The molecule has 2 N–H and O–H groups in total. The summed E-state index contributed by atoms with van der Waals surface area (Å²) in [6, 6.07) is 1.42. The Hall–Kier alpha value is -2.42. The zero-order valence-corrected chi connectivity index (χ0v) is 14.6. The number of pyridine rings is 2. The molecule has 0 aromatic carbocycles. The van der Waals surface area contributed by atoms with Gasteiger partial charge in [0, 0.05) is 48.2 Å². The first-order valence-electron chi connectivity index (χ1n) is 7.13. The first-order valence-corrected chi connectivity index (χ1v) is 7.92. The quantitative estimate of drug-likeness (QED) is 0.759. The average molecular weight is 414 g/mol. The molecule has 0 saturated heterocycles. The van der Waals surface area contributed by atoms with Crippen molar-refractivity contribution in [3.63, 3.8) is 0 Å². The largest absolute Gasteiger partial charge is 0.480 e. The smallest absolute Gasteiger partial charge is 0.326 e. The molecule has 0 spiro atoms. The second kappa shape index (κ2) is 7.64. The highest BCUT2D eigenvalue weighted by molar-refractivity contribution is 9.10. The molecule has 2 aromatic rings. The third-order valence-electron chi connectivity index (χ3n) is 3.31. The van der Waals surface area contributed by atoms with Gasteiger partial charge in [0.05, 0.1) is 5.56 Å². The summed E-state index contributed by atoms with van der Waals surface area (Å²) in [6.07, 6.45) is 5.07. The number of carboxylic acids is 1. The molecule has 2 rings (SSSR count). The number of amides is 1. The van der Waals surface area contributed by atoms with Crippen LogP contribution in [0.3, 0.4) is 0 Å². The van der Waals surface area contributed by atoms with E-state index in [0.29, 0.717) is 17.0 Å². The summed E-state index contributed by atoms with van der Waals surface area (Å²) >= 11 is 3.23. The number of hydrogen-bond acceptors (Lipinski definition) is 4. The number of aromatic nitrogens is 2. The molecule has 0 aliphatic rings. The van der Waals surface area contributed by atoms with E-state index in [-0.39, 0.29) is 12.0 Å². The van der Waals surface area contributed by atoms with Crippen molar-refractivity contribution in [1.82, 2.24) is 15.3 Å². The summed E-state index contributed by atoms with van der Waals surface area (Å²) < 4.78 is 27.3. The van der Waals surface area contributed by atoms with Crippen LogP contribution < -0.4 is 5.32 Å². The van der Waals surface area contributed by atoms with Crippen LogP contribution in [0.25, 0.3) is 0 Å². The van der Waals surface area contributed by atoms with Gasteiger partial charge in [-0.25, -0.2) is 13.6 Å². The van der Waals surface area contributed by atoms with Crippen LogP contribution in [0.4, 0.5) is 8.78 Å². The third-order valence-corrected chi connectivity index (χ3v) is 3.75. The Labute approximate surface area is 150 Å². The van der Waals surface area contributed by atoms with E-state index in [1.807, 2.05) is 0 Å². The molecule has 25 heavy (non-hydrogen) atoms. The summed E-state index contributed by atoms with van der Waals surface area (Å²) in [5.74, 6) is -5.20. The number of aliphatic carboxylic acids is 1. The van der Waals surface area contributed by atoms with Crippen LogP contribution in [-0.4, -0.2) is 33.0 Å². The number of rotatable bonds is 6. The van der Waals surface area contributed by atoms with Gasteiger partial charge in [0.1, 0.15) is 6.04 Å². The third kappa shape index (κ3) is 5.28. The van der Waals surface area contributed by atoms with Crippen LogP contribution in [0, 0.1) is 0 Å². The van der Waals surface area contributed by atoms with Crippen LogP contribution in [0.15, 0.2) is 41.4 Å². The van der Waals surface area contributed by atoms with Crippen molar-refractivity contribution >= 4 is 27.8 Å². The van der Waals surface area contributed by atoms with E-state index in [9.17, 15) is 23.5 Å². The highest BCUT2D eigenvalue weighted by atomic mass is 79.9. The normalized spacial score (nSPS) is 12.5. The number of carbonyl (C=O) groups excluding carboxylic acids is 1. The molecule has 0 unspecified atom stereocenters. The minimum absolute atomic E-state index is 0.00936. The van der Waals surface area contributed by atoms with Gasteiger partial charge in [-0.05, 0) is 33.6 Å². The van der Waals surface area contributed by atoms with E-state index >= 15 is 0 Å². The van der Waals surface area contributed by atoms with Gasteiger partial charge >= 0.3 is 5.97 Å². The second-order valence-corrected chi connectivity index (χ2v) is 6.35. The van der Waals surface area contributed by atoms with Gasteiger partial charge < -0.3 is 10.4 Å². The maximum absolute atomic E-state index is 13.3. The van der Waals surface area contributed by atoms with Gasteiger partial charge in [-0.15, -0.1) is 0 Å². The predicted octanol–water partition coefficient (Wildman–Crippen LogP) is 2.78. The van der Waals surface area contributed by atoms with Crippen molar-refractivity contribution in [2.75, 3.05) is 0 Å². The monoisotopic (exact) mass is 413 g/mol. The lowest BCUT2D eigenvalue weighted by molar-refractivity contribution is -0.139. The number of nitrogens with zero attached hydrogens (tertiary/aromatic N) is 2. The van der Waals surface area contributed by atoms with Gasteiger partial charge in [-0.2, -0.15) is 0 Å². The van der Waals surface area contributed by atoms with Crippen LogP contribution in [0.5, 0.6) is 0 Å². The van der Waals surface area contributed by atoms with Crippen molar-refractivity contribution < 1.29 is 23.5 Å². The van der Waals surface area contributed by atoms with Crippen LogP contribution in [0.2, 0.25) is 0 Å². The molecule has 1 amide bonds. The van der Waals surface area contributed by atoms with Crippen molar-refractivity contribution in [2.24, 2.45) is 0 Å². The number of alkyl halides is 2. The second-order valence-electron chi connectivity index (χ2n) is 5.43. The number of carbonyl (C=O) groups is 2. The fourth-order valence-electron chi connectivity index (χ4n) is 2.05. The van der Waals surface area contributed by atoms with E-state index in [2.05, 4.69) is 31.2 Å². The Balaban J connectivity index is 2.17. The molecule has 132 valence electrons. The predicted molar refractivity (Wildman–Crippen MR) is 88.3 cm³/mol. The fraction of sp³-hybridized carbons (Fsp3) is 0.250. The molecule has 6 nitrogen and oxygen atoms in total. The lowest BCUT2D eigenvalue weighted by atomic mass is 10.1. The topological polar surface area (TPSA) is 92.2 Å². The van der Waals surface area contributed by atoms with Crippen molar-refractivity contribution in [2.45, 2.75) is 25.3 Å². The molecule has 0 bridgehead atoms. The molecule has 9 heteroatoms. The van der Waals surface area contributed by atoms with E-state index in [4.69, 9.17) is 0 Å². The molecule has 0 radical (unpaired) electrons. The van der Waals surface area contributed by atoms with Gasteiger partial charge in [0.2, 0.25) is 0 Å². The van der Waals surface area contributed by atoms with Crippen molar-refractivity contribution in [3.05, 3.63) is 58.1 Å². The Morgan fingerprint density at radius 2 is 1.92 bits per heavy atom. The van der Waals surface area contributed by atoms with Gasteiger partial charge in [0.25, 0.3) is 11.8 Å². The Bertz CT molecular complexity index is 796. The Morgan fingerprint density at radius 3 is 2.52 bits per heavy atom. The molecule has 0 fully saturated rings. The summed E-state index contributed by atoms with van der Waals surface area (Å²) in [5.41, 5.74) is 0.0231. The molecular formula is C16H14BrF2N3O3. The number of hydrogen-bond donors (Lipinski definition) is 2. The minimum Gasteiger partial charge on any atom is -0.480 e. The molecule has 0 aliphatic carbocycles. The summed E-state index contributed by atoms with van der Waals surface area (Å²) in [4.78, 5) is 31.2. The SMILES string of the molecule is CC(F)(F)c1cncc(C(=O)N[C@@H](Cc2cncc(Br)c2)C(=O)O)c1. The van der Waals surface area contributed by atoms with E-state index in [1.165, 1.54) is 6.20 Å². The lowest BCUT2D eigenvalue weighted by Crippen LogP contribution is -2.42. The first-order chi connectivity index (χ1) is 11.7. The van der Waals surface area contributed by atoms with Crippen LogP contribution in [-0.2, 0) is 17.1 Å². The molecule has 2 heterocycles. The number of carboxylic acid groups (broad SMARTS) is 1. The molecule has 2 aromatic heterocycles. The van der Waals surface area contributed by atoms with Gasteiger partial charge in [-0.3, -0.25) is 14.8 Å². The Kier molecular flexibility index (Phi) is 5.78. The van der Waals surface area contributed by atoms with E-state index in [0.717, 1.165) is 18.5 Å². The standard InChI is InChI=1S/C16H14BrF2N3O3/c1-16(18,19)11-4-10(6-21-7-11)14(23)22-13(15(24)25)3-9-2-12(17)8-20-5-9/h2,4-8,13H,3H2,1H3,(H,22,23)(H,24,25)/t13-/m0/s1. The summed E-state index contributed by atoms with van der Waals surface area (Å²) in [7, 11) is 0. The maximum atomic E-state index is 13.3. The minimum atomic E-state index is -3.16. The molecule has 0 aliphatic heterocycles. The Morgan fingerprint density at radius 1 is 1.24 bits per heavy atom. The summed E-state index contributed by atoms with van der Waals surface area (Å²) in [5, 5.41) is 11.6. The van der Waals surface area contributed by atoms with E-state index < -0.39 is 29.4 Å². The fourth-order valence-corrected chi connectivity index (χ4v) is 2.46. The maximum Gasteiger partial charge on any atom is 0.326 e. The zero-order valence-electron chi connectivity index (χ0n) is 13.0. The van der Waals surface area contributed by atoms with Crippen LogP contribution in [0.1, 0.15) is 28.4 Å². The first kappa shape index (κ1) is 18.9. The summed E-state index contributed by atoms with van der Waals surface area (Å²) in [6.45, 7) is 0.687. The van der Waals surface area contributed by atoms with Gasteiger partial charge in [0.15, 0.2) is 0 Å². The zero-order chi connectivity index (χ0) is 18.6. The van der Waals surface area contributed by atoms with E-state index in [1.54, 1.807) is 12.3 Å². The van der Waals surface area contributed by atoms with Crippen molar-refractivity contribution in [1.29, 1.82) is 0 Å². The lowest BCUT2D eigenvalue weighted by Gasteiger charge is -2.16.